The van der Waals surface area contributed by atoms with E-state index in [0.29, 0.717) is 13.0 Å². The zero-order valence-electron chi connectivity index (χ0n) is 54.5. The van der Waals surface area contributed by atoms with Crippen molar-refractivity contribution in [1.29, 1.82) is 0 Å². The van der Waals surface area contributed by atoms with E-state index in [-0.39, 0.29) is 49.6 Å². The number of nitrogens with zero attached hydrogens (tertiary/aromatic N) is 4. The molecule has 0 bridgehead atoms. The second-order valence-corrected chi connectivity index (χ2v) is 27.6. The zero-order valence-corrected chi connectivity index (χ0v) is 55.3. The largest absolute Gasteiger partial charge is 0.461 e. The molecule has 4 aliphatic rings. The summed E-state index contributed by atoms with van der Waals surface area (Å²) in [5.41, 5.74) is -3.51. The van der Waals surface area contributed by atoms with E-state index in [4.69, 9.17) is 56.9 Å². The molecule has 30 heteroatoms. The van der Waals surface area contributed by atoms with Gasteiger partial charge in [-0.2, -0.15) is 0 Å². The molecule has 504 valence electrons. The molecule has 1 amide bonds. The van der Waals surface area contributed by atoms with Crippen molar-refractivity contribution in [2.24, 2.45) is 46.6 Å². The van der Waals surface area contributed by atoms with Crippen LogP contribution in [0.5, 0.6) is 0 Å². The first kappa shape index (κ1) is 74.2. The molecule has 5 heterocycles. The molecule has 4 aliphatic heterocycles. The number of amides is 1. The number of ketones is 1. The van der Waals surface area contributed by atoms with Crippen LogP contribution in [0.15, 0.2) is 16.2 Å². The summed E-state index contributed by atoms with van der Waals surface area (Å²) in [6.45, 7) is 25.1. The van der Waals surface area contributed by atoms with Gasteiger partial charge in [0.15, 0.2) is 35.1 Å². The molecular weight excluding hydrogens is 1180 g/mol. The van der Waals surface area contributed by atoms with Gasteiger partial charge in [-0.05, 0) is 85.6 Å². The maximum absolute atomic E-state index is 16.0. The quantitative estimate of drug-likeness (QED) is 0.0493. The number of sulfonamides is 1. The Bertz CT molecular complexity index is 2630. The minimum absolute atomic E-state index is 0.0551. The van der Waals surface area contributed by atoms with Gasteiger partial charge in [-0.15, -0.1) is 5.10 Å². The van der Waals surface area contributed by atoms with Gasteiger partial charge in [0.1, 0.15) is 43.7 Å². The second-order valence-electron chi connectivity index (χ2n) is 25.8. The third-order valence-corrected chi connectivity index (χ3v) is 18.5. The molecular formula is C58H99N7O22S. The van der Waals surface area contributed by atoms with Crippen molar-refractivity contribution in [3.63, 3.8) is 0 Å². The standard InChI is InChI=1S/C58H99N7O22S/c1-28(2)20-41(66)83-47-35(9)46(30(4)26-79-55-50(77-18)49(76-17)43(67)38(12)82-55)85-53(70)37(11)48(84-42-21-31(5)64(16)25-33(7)80-42)34(8)45(86-54-44(68)39(63-78-19)22-32(6)81-54)29(3)23-58(15,51(69)36(47)10)87-56(71)61-57(13,14)27-60-88(74,75)40-24-59-62-52(40)65(72)73/h24,28-38,42-50,54-55,60,67-68H,20-23,25-27H2,1-19H3,(H,59,62)(H,61,71)/t29-,30?,31?,32+,33-,34+,35-,36+,37+,38+,42-,43+,44+,45-,46+,47+,48-,49+,50+,54-,55+,58-/m0/s1. The summed E-state index contributed by atoms with van der Waals surface area (Å²) in [5.74, 6) is -9.46. The maximum atomic E-state index is 16.0. The number of cyclic esters (lactones) is 1. The van der Waals surface area contributed by atoms with Crippen LogP contribution in [0.25, 0.3) is 0 Å². The summed E-state index contributed by atoms with van der Waals surface area (Å²) in [5, 5.41) is 46.7. The van der Waals surface area contributed by atoms with Crippen molar-refractivity contribution in [2.75, 3.05) is 48.1 Å². The lowest BCUT2D eigenvalue weighted by molar-refractivity contribution is -0.392. The van der Waals surface area contributed by atoms with E-state index in [9.17, 15) is 38.3 Å². The van der Waals surface area contributed by atoms with Crippen LogP contribution in [-0.4, -0.2) is 219 Å². The van der Waals surface area contributed by atoms with Crippen LogP contribution in [0.2, 0.25) is 0 Å². The third-order valence-electron chi connectivity index (χ3n) is 17.1. The fourth-order valence-corrected chi connectivity index (χ4v) is 13.5. The molecule has 0 spiro atoms. The van der Waals surface area contributed by atoms with Crippen molar-refractivity contribution in [3.05, 3.63) is 16.3 Å². The number of aliphatic hydroxyl groups is 2. The number of hydrogen-bond acceptors (Lipinski definition) is 25. The number of rotatable bonds is 21. The summed E-state index contributed by atoms with van der Waals surface area (Å²) >= 11 is 0. The highest BCUT2D eigenvalue weighted by molar-refractivity contribution is 7.89. The smallest absolute Gasteiger partial charge is 0.408 e. The minimum atomic E-state index is -4.60. The normalized spacial score (nSPS) is 37.0. The molecule has 0 aliphatic carbocycles. The molecule has 0 radical (unpaired) electrons. The first-order valence-corrected chi connectivity index (χ1v) is 31.7. The van der Waals surface area contributed by atoms with Gasteiger partial charge in [-0.3, -0.25) is 14.4 Å². The number of alkyl carbamates (subject to hydrolysis) is 1. The number of ether oxygens (including phenoxy) is 11. The number of aromatic nitrogens is 2. The Kier molecular flexibility index (Phi) is 26.7. The van der Waals surface area contributed by atoms with E-state index in [0.717, 1.165) is 6.20 Å². The van der Waals surface area contributed by atoms with Crippen LogP contribution in [0.1, 0.15) is 130 Å². The molecule has 22 atom stereocenters. The zero-order chi connectivity index (χ0) is 66.1. The molecule has 2 unspecified atom stereocenters. The first-order valence-electron chi connectivity index (χ1n) is 30.2. The van der Waals surface area contributed by atoms with Crippen LogP contribution in [0.3, 0.4) is 0 Å². The Morgan fingerprint density at radius 2 is 1.58 bits per heavy atom. The van der Waals surface area contributed by atoms with Crippen LogP contribution >= 0.6 is 0 Å². The topological polar surface area (TPSA) is 365 Å². The van der Waals surface area contributed by atoms with Gasteiger partial charge < -0.3 is 87.5 Å². The number of nitrogens with one attached hydrogen (secondary N) is 3. The SMILES string of the molecule is CON=C1C[C@@H](C)O[C@@H](O[C@@H]2[C@@H](C)[C@H](O[C@H]3CC(C)N(C)C[C@H](C)O3)[C@@H](C)C(=O)O[C@H](C(C)CO[C@@H]3O[C@H](C)[C@@H](O)[C@@H](OC)[C@H]3OC)[C@H](C)[C@@H](OC(=O)CC(C)C)[C@@H](C)C(=O)[C@@](C)(OC(=O)NC(C)(C)CNS(=O)(=O)c3cn[nH]c3[N+](=O)[O-])C[C@@H]2C)[C@@H]1O. The Morgan fingerprint density at radius 1 is 0.920 bits per heavy atom. The Hall–Kier alpha value is -4.57. The van der Waals surface area contributed by atoms with Crippen molar-refractivity contribution >= 4 is 45.4 Å². The van der Waals surface area contributed by atoms with Gasteiger partial charge in [0.25, 0.3) is 10.0 Å². The molecule has 0 saturated carbocycles. The van der Waals surface area contributed by atoms with Crippen molar-refractivity contribution < 1.29 is 99.7 Å². The predicted octanol–water partition coefficient (Wildman–Crippen LogP) is 4.39. The van der Waals surface area contributed by atoms with Gasteiger partial charge >= 0.3 is 23.8 Å². The number of likely N-dealkylation sites (N-methyl/N-ethyl adjacent to an activating group) is 1. The third kappa shape index (κ3) is 18.8. The van der Waals surface area contributed by atoms with Crippen molar-refractivity contribution in [1.82, 2.24) is 25.1 Å². The summed E-state index contributed by atoms with van der Waals surface area (Å²) in [6, 6.07) is -0.0551. The summed E-state index contributed by atoms with van der Waals surface area (Å²) in [7, 11) is 1.55. The number of carbonyl (C=O) groups excluding carboxylic acids is 4. The highest BCUT2D eigenvalue weighted by Crippen LogP contribution is 2.41. The minimum Gasteiger partial charge on any atom is -0.461 e. The fraction of sp³-hybridized carbons (Fsp3) is 0.862. The second kappa shape index (κ2) is 31.6. The molecule has 29 nitrogen and oxygen atoms in total. The monoisotopic (exact) mass is 1280 g/mol. The molecule has 1 aromatic heterocycles. The summed E-state index contributed by atoms with van der Waals surface area (Å²) in [6.07, 6.45) is -14.7. The average Bonchev–Trinajstić information content (AvgIpc) is 1.33. The Morgan fingerprint density at radius 3 is 2.19 bits per heavy atom. The number of esters is 2. The number of H-pyrrole nitrogens is 1. The highest BCUT2D eigenvalue weighted by atomic mass is 32.2. The molecule has 0 aromatic carbocycles. The van der Waals surface area contributed by atoms with E-state index in [1.165, 1.54) is 49.0 Å². The maximum Gasteiger partial charge on any atom is 0.408 e. The van der Waals surface area contributed by atoms with Gasteiger partial charge in [0.2, 0.25) is 0 Å². The van der Waals surface area contributed by atoms with Gasteiger partial charge in [-0.1, -0.05) is 58.7 Å². The van der Waals surface area contributed by atoms with Crippen LogP contribution in [0.4, 0.5) is 10.6 Å². The molecule has 88 heavy (non-hydrogen) atoms. The molecule has 5 rings (SSSR count). The van der Waals surface area contributed by atoms with E-state index < -0.39 is 183 Å². The van der Waals surface area contributed by atoms with Crippen LogP contribution in [-0.2, 0) is 81.3 Å². The number of Topliss-reactive ketones (excluding diaryl/α,β-unsaturated/α-hetero) is 1. The van der Waals surface area contributed by atoms with Gasteiger partial charge in [-0.25, -0.2) is 17.9 Å². The molecule has 5 N–H and O–H groups in total. The van der Waals surface area contributed by atoms with Crippen molar-refractivity contribution in [2.45, 2.75) is 238 Å². The predicted molar refractivity (Wildman–Crippen MR) is 314 cm³/mol. The average molecular weight is 1280 g/mol. The highest BCUT2D eigenvalue weighted by Gasteiger charge is 2.53. The Labute approximate surface area is 517 Å². The molecule has 1 aromatic rings. The van der Waals surface area contributed by atoms with Crippen molar-refractivity contribution in [3.8, 4) is 0 Å². The number of aliphatic hydroxyl groups excluding tert-OH is 2. The summed E-state index contributed by atoms with van der Waals surface area (Å²) < 4.78 is 99.3. The lowest BCUT2D eigenvalue weighted by atomic mass is 9.74. The summed E-state index contributed by atoms with van der Waals surface area (Å²) in [4.78, 5) is 77.5. The molecule has 4 fully saturated rings. The van der Waals surface area contributed by atoms with Crippen LogP contribution < -0.4 is 10.0 Å². The molecule has 4 saturated heterocycles. The van der Waals surface area contributed by atoms with E-state index in [1.807, 2.05) is 39.8 Å². The number of hydrogen-bond donors (Lipinski definition) is 5. The number of carbonyl (C=O) groups is 4. The number of aromatic amines is 1. The lowest BCUT2D eigenvalue weighted by Gasteiger charge is -2.45. The van der Waals surface area contributed by atoms with Crippen LogP contribution in [0, 0.1) is 51.5 Å². The Balaban J connectivity index is 1.71. The van der Waals surface area contributed by atoms with E-state index in [2.05, 4.69) is 25.2 Å². The number of oxime groups is 1. The lowest BCUT2D eigenvalue weighted by Crippen LogP contribution is -2.59. The van der Waals surface area contributed by atoms with E-state index >= 15 is 9.59 Å². The fourth-order valence-electron chi connectivity index (χ4n) is 12.3. The number of methoxy groups -OCH3 is 2. The first-order chi connectivity index (χ1) is 41.0. The number of nitro groups is 1. The van der Waals surface area contributed by atoms with Gasteiger partial charge in [0, 0.05) is 70.4 Å². The van der Waals surface area contributed by atoms with Gasteiger partial charge in [0.05, 0.1) is 66.4 Å². The van der Waals surface area contributed by atoms with E-state index in [1.54, 1.807) is 48.5 Å².